The third-order valence-corrected chi connectivity index (χ3v) is 3.15. The smallest absolute Gasteiger partial charge is 0.222 e. The van der Waals surface area contributed by atoms with Crippen LogP contribution in [0.25, 0.3) is 0 Å². The fourth-order valence-electron chi connectivity index (χ4n) is 2.05. The monoisotopic (exact) mass is 237 g/mol. The summed E-state index contributed by atoms with van der Waals surface area (Å²) in [6.07, 6.45) is 3.94. The van der Waals surface area contributed by atoms with Crippen LogP contribution in [0.15, 0.2) is 10.8 Å². The highest BCUT2D eigenvalue weighted by Gasteiger charge is 2.15. The minimum absolute atomic E-state index is 0.231. The molecule has 2 heterocycles. The van der Waals surface area contributed by atoms with Crippen LogP contribution in [0, 0.1) is 6.92 Å². The van der Waals surface area contributed by atoms with E-state index in [4.69, 9.17) is 4.52 Å². The van der Waals surface area contributed by atoms with Gasteiger partial charge in [-0.15, -0.1) is 0 Å². The van der Waals surface area contributed by atoms with Gasteiger partial charge in [-0.2, -0.15) is 0 Å². The molecule has 2 rings (SSSR count). The quantitative estimate of drug-likeness (QED) is 0.842. The molecule has 0 saturated carbocycles. The van der Waals surface area contributed by atoms with E-state index in [2.05, 4.69) is 10.5 Å². The van der Waals surface area contributed by atoms with Crippen molar-refractivity contribution in [3.8, 4) is 0 Å². The summed E-state index contributed by atoms with van der Waals surface area (Å²) in [4.78, 5) is 14.0. The van der Waals surface area contributed by atoms with Crippen LogP contribution in [-0.4, -0.2) is 42.1 Å². The van der Waals surface area contributed by atoms with E-state index in [1.807, 2.05) is 11.8 Å². The van der Waals surface area contributed by atoms with Crippen molar-refractivity contribution < 1.29 is 9.32 Å². The first-order valence-corrected chi connectivity index (χ1v) is 6.15. The minimum Gasteiger partial charge on any atom is -0.364 e. The normalized spacial score (nSPS) is 16.9. The molecule has 1 aliphatic rings. The van der Waals surface area contributed by atoms with Crippen molar-refractivity contribution in [1.82, 2.24) is 15.4 Å². The van der Waals surface area contributed by atoms with E-state index in [9.17, 15) is 4.79 Å². The Morgan fingerprint density at radius 3 is 3.18 bits per heavy atom. The predicted molar refractivity (Wildman–Crippen MR) is 63.6 cm³/mol. The predicted octanol–water partition coefficient (Wildman–Crippen LogP) is 0.738. The van der Waals surface area contributed by atoms with Crippen LogP contribution in [0.5, 0.6) is 0 Å². The van der Waals surface area contributed by atoms with Gasteiger partial charge >= 0.3 is 0 Å². The van der Waals surface area contributed by atoms with Crippen molar-refractivity contribution in [3.05, 3.63) is 17.5 Å². The molecule has 1 amide bonds. The Labute approximate surface area is 101 Å². The number of rotatable bonds is 3. The van der Waals surface area contributed by atoms with Gasteiger partial charge in [0.2, 0.25) is 5.91 Å². The summed E-state index contributed by atoms with van der Waals surface area (Å²) in [5.41, 5.74) is 1.92. The molecule has 1 N–H and O–H groups in total. The van der Waals surface area contributed by atoms with Crippen molar-refractivity contribution in [1.29, 1.82) is 0 Å². The van der Waals surface area contributed by atoms with E-state index in [0.717, 1.165) is 50.3 Å². The maximum absolute atomic E-state index is 12.0. The van der Waals surface area contributed by atoms with Crippen LogP contribution < -0.4 is 5.32 Å². The molecule has 94 valence electrons. The Balaban J connectivity index is 1.82. The second kappa shape index (κ2) is 5.82. The fraction of sp³-hybridized carbons (Fsp3) is 0.667. The third kappa shape index (κ3) is 3.30. The van der Waals surface area contributed by atoms with Crippen molar-refractivity contribution >= 4 is 5.91 Å². The van der Waals surface area contributed by atoms with Crippen LogP contribution in [0.4, 0.5) is 0 Å². The molecule has 0 spiro atoms. The molecule has 0 bridgehead atoms. The van der Waals surface area contributed by atoms with Crippen molar-refractivity contribution in [2.24, 2.45) is 0 Å². The topological polar surface area (TPSA) is 58.4 Å². The molecule has 0 unspecified atom stereocenters. The Kier molecular flexibility index (Phi) is 4.14. The van der Waals surface area contributed by atoms with Gasteiger partial charge in [0.25, 0.3) is 0 Å². The zero-order valence-corrected chi connectivity index (χ0v) is 10.2. The lowest BCUT2D eigenvalue weighted by Crippen LogP contribution is -2.34. The van der Waals surface area contributed by atoms with Crippen molar-refractivity contribution in [2.45, 2.75) is 26.2 Å². The highest BCUT2D eigenvalue weighted by Crippen LogP contribution is 2.09. The van der Waals surface area contributed by atoms with Crippen LogP contribution in [0.3, 0.4) is 0 Å². The number of hydrogen-bond acceptors (Lipinski definition) is 4. The molecule has 0 radical (unpaired) electrons. The average Bonchev–Trinajstić information content (AvgIpc) is 2.58. The number of aromatic nitrogens is 1. The zero-order valence-electron chi connectivity index (χ0n) is 10.2. The lowest BCUT2D eigenvalue weighted by atomic mass is 10.1. The molecule has 0 aliphatic carbocycles. The summed E-state index contributed by atoms with van der Waals surface area (Å²) in [5.74, 6) is 0.231. The second-order valence-corrected chi connectivity index (χ2v) is 4.41. The Bertz CT molecular complexity index is 368. The largest absolute Gasteiger partial charge is 0.364 e. The number of carbonyl (C=O) groups is 1. The summed E-state index contributed by atoms with van der Waals surface area (Å²) in [6, 6.07) is 0. The van der Waals surface area contributed by atoms with Gasteiger partial charge in [0, 0.05) is 31.6 Å². The van der Waals surface area contributed by atoms with E-state index < -0.39 is 0 Å². The van der Waals surface area contributed by atoms with Gasteiger partial charge in [-0.1, -0.05) is 5.16 Å². The molecule has 1 fully saturated rings. The number of nitrogens with one attached hydrogen (secondary N) is 1. The fourth-order valence-corrected chi connectivity index (χ4v) is 2.05. The molecule has 1 aromatic rings. The van der Waals surface area contributed by atoms with E-state index in [0.29, 0.717) is 6.42 Å². The third-order valence-electron chi connectivity index (χ3n) is 3.15. The number of hydrogen-bond donors (Lipinski definition) is 1. The van der Waals surface area contributed by atoms with Gasteiger partial charge in [0.15, 0.2) is 0 Å². The molecular weight excluding hydrogens is 218 g/mol. The van der Waals surface area contributed by atoms with E-state index in [1.54, 1.807) is 6.26 Å². The van der Waals surface area contributed by atoms with Crippen LogP contribution in [0.2, 0.25) is 0 Å². The van der Waals surface area contributed by atoms with Gasteiger partial charge in [-0.05, 0) is 26.3 Å². The van der Waals surface area contributed by atoms with E-state index in [-0.39, 0.29) is 5.91 Å². The second-order valence-electron chi connectivity index (χ2n) is 4.41. The summed E-state index contributed by atoms with van der Waals surface area (Å²) in [5, 5.41) is 7.10. The van der Waals surface area contributed by atoms with Crippen molar-refractivity contribution in [3.63, 3.8) is 0 Å². The molecule has 5 heteroatoms. The molecule has 17 heavy (non-hydrogen) atoms. The first-order valence-electron chi connectivity index (χ1n) is 6.15. The standard InChI is InChI=1S/C12H19N3O2/c1-10-11(9-17-14-10)3-4-12(16)15-7-2-5-13-6-8-15/h9,13H,2-8H2,1H3. The summed E-state index contributed by atoms with van der Waals surface area (Å²) < 4.78 is 4.86. The Morgan fingerprint density at radius 2 is 2.41 bits per heavy atom. The number of aryl methyl sites for hydroxylation is 2. The minimum atomic E-state index is 0.231. The van der Waals surface area contributed by atoms with Gasteiger partial charge in [-0.25, -0.2) is 0 Å². The molecule has 1 saturated heterocycles. The molecule has 0 aromatic carbocycles. The summed E-state index contributed by atoms with van der Waals surface area (Å²) in [7, 11) is 0. The lowest BCUT2D eigenvalue weighted by Gasteiger charge is -2.19. The number of carbonyl (C=O) groups excluding carboxylic acids is 1. The molecular formula is C12H19N3O2. The van der Waals surface area contributed by atoms with Crippen molar-refractivity contribution in [2.75, 3.05) is 26.2 Å². The van der Waals surface area contributed by atoms with E-state index in [1.165, 1.54) is 0 Å². The Morgan fingerprint density at radius 1 is 1.53 bits per heavy atom. The first-order chi connectivity index (χ1) is 8.27. The lowest BCUT2D eigenvalue weighted by molar-refractivity contribution is -0.130. The highest BCUT2D eigenvalue weighted by molar-refractivity contribution is 5.76. The maximum Gasteiger partial charge on any atom is 0.222 e. The maximum atomic E-state index is 12.0. The Hall–Kier alpha value is -1.36. The number of nitrogens with zero attached hydrogens (tertiary/aromatic N) is 2. The molecule has 1 aromatic heterocycles. The summed E-state index contributed by atoms with van der Waals surface area (Å²) >= 11 is 0. The van der Waals surface area contributed by atoms with Crippen LogP contribution >= 0.6 is 0 Å². The number of amides is 1. The molecule has 5 nitrogen and oxygen atoms in total. The highest BCUT2D eigenvalue weighted by atomic mass is 16.5. The van der Waals surface area contributed by atoms with Crippen LogP contribution in [0.1, 0.15) is 24.1 Å². The zero-order chi connectivity index (χ0) is 12.1. The first kappa shape index (κ1) is 12.1. The molecule has 1 aliphatic heterocycles. The van der Waals surface area contributed by atoms with Gasteiger partial charge < -0.3 is 14.7 Å². The summed E-state index contributed by atoms with van der Waals surface area (Å²) in [6.45, 7) is 5.50. The average molecular weight is 237 g/mol. The van der Waals surface area contributed by atoms with Gasteiger partial charge in [0.1, 0.15) is 6.26 Å². The van der Waals surface area contributed by atoms with Gasteiger partial charge in [-0.3, -0.25) is 4.79 Å². The SMILES string of the molecule is Cc1nocc1CCC(=O)N1CCCNCC1. The van der Waals surface area contributed by atoms with Gasteiger partial charge in [0.05, 0.1) is 5.69 Å². The molecule has 0 atom stereocenters. The van der Waals surface area contributed by atoms with Crippen LogP contribution in [-0.2, 0) is 11.2 Å². The van der Waals surface area contributed by atoms with E-state index >= 15 is 0 Å².